The Morgan fingerprint density at radius 3 is 1.92 bits per heavy atom. The first-order valence-corrected chi connectivity index (χ1v) is 11.6. The van der Waals surface area contributed by atoms with Crippen LogP contribution >= 0.6 is 0 Å². The number of carboxylic acid groups (broad SMARTS) is 2. The van der Waals surface area contributed by atoms with Gasteiger partial charge in [-0.15, -0.1) is 0 Å². The van der Waals surface area contributed by atoms with Crippen molar-refractivity contribution in [1.82, 2.24) is 9.80 Å². The minimum atomic E-state index is -5.08. The highest BCUT2D eigenvalue weighted by Crippen LogP contribution is 2.51. The van der Waals surface area contributed by atoms with E-state index >= 15 is 0 Å². The van der Waals surface area contributed by atoms with E-state index in [0.717, 1.165) is 30.4 Å². The number of furan rings is 2. The monoisotopic (exact) mass is 556 g/mol. The van der Waals surface area contributed by atoms with Crippen LogP contribution in [0, 0.1) is 12.3 Å². The van der Waals surface area contributed by atoms with Gasteiger partial charge in [0.2, 0.25) is 0 Å². The van der Waals surface area contributed by atoms with E-state index in [1.807, 2.05) is 13.0 Å². The Morgan fingerprint density at radius 2 is 1.55 bits per heavy atom. The van der Waals surface area contributed by atoms with Crippen molar-refractivity contribution in [2.75, 3.05) is 20.1 Å². The van der Waals surface area contributed by atoms with Gasteiger partial charge in [-0.25, -0.2) is 9.59 Å². The zero-order valence-corrected chi connectivity index (χ0v) is 20.8. The van der Waals surface area contributed by atoms with Crippen molar-refractivity contribution in [3.8, 4) is 0 Å². The number of halogens is 6. The van der Waals surface area contributed by atoms with Crippen molar-refractivity contribution in [2.45, 2.75) is 64.1 Å². The van der Waals surface area contributed by atoms with Crippen LogP contribution < -0.4 is 0 Å². The number of piperidine rings is 1. The molecule has 2 aromatic rings. The van der Waals surface area contributed by atoms with Gasteiger partial charge in [-0.2, -0.15) is 26.3 Å². The molecule has 1 atom stereocenters. The van der Waals surface area contributed by atoms with E-state index in [0.29, 0.717) is 11.5 Å². The number of hydrogen-bond acceptors (Lipinski definition) is 6. The lowest BCUT2D eigenvalue weighted by atomic mass is 9.59. The molecule has 8 nitrogen and oxygen atoms in total. The summed E-state index contributed by atoms with van der Waals surface area (Å²) in [4.78, 5) is 22.8. The topological polar surface area (TPSA) is 107 Å². The first-order valence-electron chi connectivity index (χ1n) is 11.6. The summed E-state index contributed by atoms with van der Waals surface area (Å²) in [5.74, 6) is -2.33. The van der Waals surface area contributed by atoms with Crippen molar-refractivity contribution in [3.63, 3.8) is 0 Å². The van der Waals surface area contributed by atoms with Gasteiger partial charge in [0.05, 0.1) is 19.4 Å². The third kappa shape index (κ3) is 9.08. The number of carbonyl (C=O) groups is 2. The Bertz CT molecular complexity index is 1000. The standard InChI is InChI=1S/C20H28N2O2.2C2HF3O2/c1-16-5-6-18(24-16)15-22-11-9-20(10-12-22)8-7-19(20)21(2)14-17-4-3-13-23-17;2*3-2(4,5)1(6)7/h3-6,13,19H,7-12,14-15H2,1-2H3;2*(H,6,7). The number of aliphatic carboxylic acids is 2. The zero-order chi connectivity index (χ0) is 28.7. The molecule has 4 rings (SSSR count). The average Bonchev–Trinajstić information content (AvgIpc) is 3.44. The minimum Gasteiger partial charge on any atom is -0.475 e. The first-order chi connectivity index (χ1) is 17.5. The summed E-state index contributed by atoms with van der Waals surface area (Å²) in [6.07, 6.45) is -3.07. The molecule has 1 spiro atoms. The van der Waals surface area contributed by atoms with Crippen molar-refractivity contribution >= 4 is 11.9 Å². The molecule has 1 aliphatic heterocycles. The van der Waals surface area contributed by atoms with Crippen molar-refractivity contribution in [1.29, 1.82) is 0 Å². The summed E-state index contributed by atoms with van der Waals surface area (Å²) in [5, 5.41) is 14.2. The third-order valence-electron chi connectivity index (χ3n) is 6.65. The van der Waals surface area contributed by atoms with Crippen LogP contribution in [0.5, 0.6) is 0 Å². The average molecular weight is 557 g/mol. The molecule has 1 saturated heterocycles. The molecule has 0 amide bonds. The zero-order valence-electron chi connectivity index (χ0n) is 20.8. The van der Waals surface area contributed by atoms with Gasteiger partial charge in [0, 0.05) is 6.04 Å². The smallest absolute Gasteiger partial charge is 0.475 e. The first kappa shape index (κ1) is 31.2. The highest BCUT2D eigenvalue weighted by molar-refractivity contribution is 5.73. The molecular weight excluding hydrogens is 526 g/mol. The Kier molecular flexibility index (Phi) is 10.4. The summed E-state index contributed by atoms with van der Waals surface area (Å²) in [6.45, 7) is 6.27. The normalized spacial score (nSPS) is 19.1. The van der Waals surface area contributed by atoms with Gasteiger partial charge < -0.3 is 19.0 Å². The maximum absolute atomic E-state index is 10.6. The molecule has 2 aliphatic rings. The SMILES string of the molecule is Cc1ccc(CN2CCC3(CCC3N(C)Cc3ccco3)CC2)o1.O=C(O)C(F)(F)F.O=C(O)C(F)(F)F. The molecule has 2 fully saturated rings. The number of carboxylic acids is 2. The van der Waals surface area contributed by atoms with Gasteiger partial charge >= 0.3 is 24.3 Å². The van der Waals surface area contributed by atoms with E-state index in [9.17, 15) is 26.3 Å². The molecule has 0 radical (unpaired) electrons. The lowest BCUT2D eigenvalue weighted by molar-refractivity contribution is -0.193. The quantitative estimate of drug-likeness (QED) is 0.477. The van der Waals surface area contributed by atoms with Crippen LogP contribution in [0.25, 0.3) is 0 Å². The molecule has 2 N–H and O–H groups in total. The van der Waals surface area contributed by atoms with E-state index in [1.165, 1.54) is 38.8 Å². The van der Waals surface area contributed by atoms with Gasteiger partial charge in [-0.1, -0.05) is 0 Å². The largest absolute Gasteiger partial charge is 0.490 e. The lowest BCUT2D eigenvalue weighted by Crippen LogP contribution is -2.57. The molecule has 0 bridgehead atoms. The van der Waals surface area contributed by atoms with Crippen LogP contribution in [-0.4, -0.2) is 70.5 Å². The van der Waals surface area contributed by atoms with Crippen LogP contribution in [0.15, 0.2) is 39.4 Å². The van der Waals surface area contributed by atoms with E-state index in [1.54, 1.807) is 6.26 Å². The third-order valence-corrected chi connectivity index (χ3v) is 6.65. The number of likely N-dealkylation sites (tertiary alicyclic amines) is 1. The number of alkyl halides is 6. The molecule has 38 heavy (non-hydrogen) atoms. The molecule has 3 heterocycles. The number of nitrogens with zero attached hydrogens (tertiary/aromatic N) is 2. The lowest BCUT2D eigenvalue weighted by Gasteiger charge is -2.56. The van der Waals surface area contributed by atoms with Crippen LogP contribution in [0.4, 0.5) is 26.3 Å². The predicted molar refractivity (Wildman–Crippen MR) is 121 cm³/mol. The van der Waals surface area contributed by atoms with E-state index < -0.39 is 24.3 Å². The molecule has 14 heteroatoms. The number of aryl methyl sites for hydroxylation is 1. The second-order valence-electron chi connectivity index (χ2n) is 9.31. The van der Waals surface area contributed by atoms with Crippen LogP contribution in [0.1, 0.15) is 43.0 Å². The highest BCUT2D eigenvalue weighted by Gasteiger charge is 2.49. The highest BCUT2D eigenvalue weighted by atomic mass is 19.4. The van der Waals surface area contributed by atoms with Crippen molar-refractivity contribution < 1.29 is 55.0 Å². The second-order valence-corrected chi connectivity index (χ2v) is 9.31. The predicted octanol–water partition coefficient (Wildman–Crippen LogP) is 5.32. The fourth-order valence-corrected chi connectivity index (χ4v) is 4.66. The Hall–Kier alpha value is -3.00. The summed E-state index contributed by atoms with van der Waals surface area (Å²) in [7, 11) is 2.26. The van der Waals surface area contributed by atoms with Crippen molar-refractivity contribution in [2.24, 2.45) is 5.41 Å². The van der Waals surface area contributed by atoms with E-state index in [2.05, 4.69) is 35.0 Å². The fourth-order valence-electron chi connectivity index (χ4n) is 4.66. The summed E-state index contributed by atoms with van der Waals surface area (Å²) in [5.41, 5.74) is 0.525. The molecule has 1 aliphatic carbocycles. The van der Waals surface area contributed by atoms with Gasteiger partial charge in [0.15, 0.2) is 0 Å². The van der Waals surface area contributed by atoms with E-state index in [4.69, 9.17) is 28.6 Å². The Morgan fingerprint density at radius 1 is 1.00 bits per heavy atom. The molecule has 1 saturated carbocycles. The molecule has 1 unspecified atom stereocenters. The maximum Gasteiger partial charge on any atom is 0.490 e. The number of hydrogen-bond donors (Lipinski definition) is 2. The van der Waals surface area contributed by atoms with Crippen LogP contribution in [-0.2, 0) is 22.7 Å². The van der Waals surface area contributed by atoms with Gasteiger partial charge in [0.25, 0.3) is 0 Å². The van der Waals surface area contributed by atoms with Crippen LogP contribution in [0.2, 0.25) is 0 Å². The fraction of sp³-hybridized carbons (Fsp3) is 0.583. The Labute approximate surface area is 214 Å². The maximum atomic E-state index is 10.6. The molecule has 0 aromatic carbocycles. The number of rotatable bonds is 5. The van der Waals surface area contributed by atoms with Gasteiger partial charge in [0.1, 0.15) is 17.3 Å². The van der Waals surface area contributed by atoms with Crippen molar-refractivity contribution in [3.05, 3.63) is 47.8 Å². The van der Waals surface area contributed by atoms with Crippen LogP contribution in [0.3, 0.4) is 0 Å². The van der Waals surface area contributed by atoms with Gasteiger partial charge in [-0.3, -0.25) is 9.80 Å². The molecule has 2 aromatic heterocycles. The Balaban J connectivity index is 0.000000301. The second kappa shape index (κ2) is 12.7. The summed E-state index contributed by atoms with van der Waals surface area (Å²) < 4.78 is 74.7. The summed E-state index contributed by atoms with van der Waals surface area (Å²) in [6, 6.07) is 8.94. The van der Waals surface area contributed by atoms with E-state index in [-0.39, 0.29) is 0 Å². The molecular formula is C24H30F6N2O6. The van der Waals surface area contributed by atoms with Gasteiger partial charge in [-0.05, 0) is 82.4 Å². The molecule has 214 valence electrons. The summed E-state index contributed by atoms with van der Waals surface area (Å²) >= 11 is 0. The minimum absolute atomic E-state index is 0.525.